The van der Waals surface area contributed by atoms with E-state index in [1.54, 1.807) is 0 Å². The highest BCUT2D eigenvalue weighted by molar-refractivity contribution is 5.84. The lowest BCUT2D eigenvalue weighted by Gasteiger charge is -2.24. The molecule has 0 bridgehead atoms. The van der Waals surface area contributed by atoms with Gasteiger partial charge in [0.2, 0.25) is 0 Å². The Balaban J connectivity index is 1.78. The molecule has 1 amide bonds. The summed E-state index contributed by atoms with van der Waals surface area (Å²) >= 11 is 0. The molecule has 2 rings (SSSR count). The molecule has 1 atom stereocenters. The van der Waals surface area contributed by atoms with Crippen molar-refractivity contribution >= 4 is 11.8 Å². The normalized spacial score (nSPS) is 18.8. The molecule has 1 unspecified atom stereocenters. The minimum atomic E-state index is -0.484. The number of rotatable bonds is 4. The van der Waals surface area contributed by atoms with Gasteiger partial charge in [0.15, 0.2) is 0 Å². The molecule has 122 valence electrons. The Morgan fingerprint density at radius 3 is 2.64 bits per heavy atom. The molecule has 22 heavy (non-hydrogen) atoms. The average Bonchev–Trinajstić information content (AvgIpc) is 2.45. The van der Waals surface area contributed by atoms with Crippen molar-refractivity contribution in [1.29, 1.82) is 0 Å². The molecule has 0 radical (unpaired) electrons. The van der Waals surface area contributed by atoms with Crippen molar-refractivity contribution < 1.29 is 9.53 Å². The summed E-state index contributed by atoms with van der Waals surface area (Å²) in [4.78, 5) is 11.7. The number of hydrogen-bond donors (Lipinski definition) is 3. The Kier molecular flexibility index (Phi) is 5.80. The number of anilines is 1. The lowest BCUT2D eigenvalue weighted by atomic mass is 10.1. The summed E-state index contributed by atoms with van der Waals surface area (Å²) in [5, 5.41) is 9.69. The van der Waals surface area contributed by atoms with E-state index < -0.39 is 11.7 Å². The largest absolute Gasteiger partial charge is 0.444 e. The molecule has 1 aliphatic heterocycles. The predicted molar refractivity (Wildman–Crippen MR) is 89.0 cm³/mol. The van der Waals surface area contributed by atoms with Crippen molar-refractivity contribution in [3.63, 3.8) is 0 Å². The summed E-state index contributed by atoms with van der Waals surface area (Å²) in [6.07, 6.45) is 2.04. The lowest BCUT2D eigenvalue weighted by molar-refractivity contribution is 0.0636. The number of hydrogen-bond acceptors (Lipinski definition) is 4. The molecular formula is C17H27N3O2. The van der Waals surface area contributed by atoms with E-state index in [1.165, 1.54) is 18.4 Å². The van der Waals surface area contributed by atoms with Gasteiger partial charge in [-0.2, -0.15) is 0 Å². The predicted octanol–water partition coefficient (Wildman–Crippen LogP) is 2.88. The molecule has 3 N–H and O–H groups in total. The Hall–Kier alpha value is -1.59. The smallest absolute Gasteiger partial charge is 0.412 e. The quantitative estimate of drug-likeness (QED) is 0.800. The molecule has 1 heterocycles. The molecule has 1 aliphatic rings. The number of piperidine rings is 1. The maximum atomic E-state index is 11.7. The molecule has 1 aromatic rings. The minimum Gasteiger partial charge on any atom is -0.444 e. The number of ether oxygens (including phenoxy) is 1. The van der Waals surface area contributed by atoms with E-state index in [4.69, 9.17) is 4.74 Å². The highest BCUT2D eigenvalue weighted by Crippen LogP contribution is 2.13. The Morgan fingerprint density at radius 1 is 1.32 bits per heavy atom. The van der Waals surface area contributed by atoms with Crippen LogP contribution in [0.2, 0.25) is 0 Å². The van der Waals surface area contributed by atoms with Crippen LogP contribution in [-0.2, 0) is 11.3 Å². The van der Waals surface area contributed by atoms with Crippen molar-refractivity contribution in [3.05, 3.63) is 29.8 Å². The number of carbonyl (C=O) groups excluding carboxylic acids is 1. The van der Waals surface area contributed by atoms with E-state index in [0.29, 0.717) is 6.04 Å². The second-order valence-electron chi connectivity index (χ2n) is 6.75. The third-order valence-corrected chi connectivity index (χ3v) is 3.49. The second kappa shape index (κ2) is 7.61. The highest BCUT2D eigenvalue weighted by atomic mass is 16.6. The van der Waals surface area contributed by atoms with Gasteiger partial charge >= 0.3 is 6.09 Å². The first-order valence-electron chi connectivity index (χ1n) is 7.95. The maximum absolute atomic E-state index is 11.7. The van der Waals surface area contributed by atoms with Crippen LogP contribution in [-0.4, -0.2) is 30.8 Å². The highest BCUT2D eigenvalue weighted by Gasteiger charge is 2.16. The Bertz CT molecular complexity index is 474. The molecular weight excluding hydrogens is 278 g/mol. The van der Waals surface area contributed by atoms with Crippen LogP contribution in [0.1, 0.15) is 39.2 Å². The molecule has 1 aromatic carbocycles. The minimum absolute atomic E-state index is 0.424. The first kappa shape index (κ1) is 16.8. The van der Waals surface area contributed by atoms with Crippen LogP contribution < -0.4 is 16.0 Å². The van der Waals surface area contributed by atoms with E-state index in [9.17, 15) is 4.79 Å². The van der Waals surface area contributed by atoms with E-state index in [1.807, 2.05) is 45.0 Å². The summed E-state index contributed by atoms with van der Waals surface area (Å²) in [6.45, 7) is 8.56. The third-order valence-electron chi connectivity index (χ3n) is 3.49. The van der Waals surface area contributed by atoms with Crippen LogP contribution in [0.25, 0.3) is 0 Å². The van der Waals surface area contributed by atoms with E-state index in [-0.39, 0.29) is 0 Å². The SMILES string of the molecule is CC(C)(C)OC(=O)Nc1ccc(CNC2CCCNC2)cc1. The van der Waals surface area contributed by atoms with Gasteiger partial charge in [-0.3, -0.25) is 5.32 Å². The molecule has 0 aliphatic carbocycles. The monoisotopic (exact) mass is 305 g/mol. The van der Waals surface area contributed by atoms with Crippen molar-refractivity contribution in [2.75, 3.05) is 18.4 Å². The van der Waals surface area contributed by atoms with Crippen LogP contribution in [0.15, 0.2) is 24.3 Å². The fourth-order valence-corrected chi connectivity index (χ4v) is 2.42. The zero-order valence-electron chi connectivity index (χ0n) is 13.7. The van der Waals surface area contributed by atoms with Gasteiger partial charge in [0.25, 0.3) is 0 Å². The molecule has 0 spiro atoms. The Labute approximate surface area is 132 Å². The van der Waals surface area contributed by atoms with E-state index in [0.717, 1.165) is 25.3 Å². The van der Waals surface area contributed by atoms with Gasteiger partial charge in [0.05, 0.1) is 0 Å². The standard InChI is InChI=1S/C17H27N3O2/c1-17(2,3)22-16(21)20-14-8-6-13(7-9-14)11-19-15-5-4-10-18-12-15/h6-9,15,18-19H,4-5,10-12H2,1-3H3,(H,20,21). The molecule has 0 saturated carbocycles. The number of benzene rings is 1. The van der Waals surface area contributed by atoms with Gasteiger partial charge < -0.3 is 15.4 Å². The van der Waals surface area contributed by atoms with Crippen molar-refractivity contribution in [1.82, 2.24) is 10.6 Å². The fraction of sp³-hybridized carbons (Fsp3) is 0.588. The van der Waals surface area contributed by atoms with E-state index >= 15 is 0 Å². The number of carbonyl (C=O) groups is 1. The summed E-state index contributed by atoms with van der Waals surface area (Å²) < 4.78 is 5.23. The fourth-order valence-electron chi connectivity index (χ4n) is 2.42. The topological polar surface area (TPSA) is 62.4 Å². The first-order valence-corrected chi connectivity index (χ1v) is 7.95. The summed E-state index contributed by atoms with van der Waals surface area (Å²) in [5.41, 5.74) is 1.47. The molecule has 5 heteroatoms. The summed E-state index contributed by atoms with van der Waals surface area (Å²) in [5.74, 6) is 0. The van der Waals surface area contributed by atoms with Gasteiger partial charge in [0.1, 0.15) is 5.60 Å². The van der Waals surface area contributed by atoms with Gasteiger partial charge in [-0.15, -0.1) is 0 Å². The molecule has 0 aromatic heterocycles. The number of amides is 1. The van der Waals surface area contributed by atoms with Crippen LogP contribution in [0.3, 0.4) is 0 Å². The Morgan fingerprint density at radius 2 is 2.05 bits per heavy atom. The van der Waals surface area contributed by atoms with Crippen molar-refractivity contribution in [2.45, 2.75) is 51.8 Å². The van der Waals surface area contributed by atoms with Crippen LogP contribution in [0, 0.1) is 0 Å². The zero-order chi connectivity index (χ0) is 16.0. The van der Waals surface area contributed by atoms with Crippen molar-refractivity contribution in [3.8, 4) is 0 Å². The van der Waals surface area contributed by atoms with Crippen LogP contribution in [0.5, 0.6) is 0 Å². The summed E-state index contributed by atoms with van der Waals surface area (Å²) in [6, 6.07) is 8.40. The molecule has 1 fully saturated rings. The average molecular weight is 305 g/mol. The van der Waals surface area contributed by atoms with Gasteiger partial charge in [-0.1, -0.05) is 12.1 Å². The summed E-state index contributed by atoms with van der Waals surface area (Å²) in [7, 11) is 0. The zero-order valence-corrected chi connectivity index (χ0v) is 13.7. The van der Waals surface area contributed by atoms with Gasteiger partial charge in [-0.25, -0.2) is 4.79 Å². The van der Waals surface area contributed by atoms with Crippen LogP contribution in [0.4, 0.5) is 10.5 Å². The third kappa shape index (κ3) is 6.03. The first-order chi connectivity index (χ1) is 10.4. The molecule has 5 nitrogen and oxygen atoms in total. The lowest BCUT2D eigenvalue weighted by Crippen LogP contribution is -2.42. The van der Waals surface area contributed by atoms with Gasteiger partial charge in [0, 0.05) is 24.8 Å². The van der Waals surface area contributed by atoms with Crippen molar-refractivity contribution in [2.24, 2.45) is 0 Å². The van der Waals surface area contributed by atoms with Gasteiger partial charge in [-0.05, 0) is 57.9 Å². The van der Waals surface area contributed by atoms with E-state index in [2.05, 4.69) is 16.0 Å². The molecule has 1 saturated heterocycles. The second-order valence-corrected chi connectivity index (χ2v) is 6.75. The number of nitrogens with one attached hydrogen (secondary N) is 3. The maximum Gasteiger partial charge on any atom is 0.412 e. The van der Waals surface area contributed by atoms with Crippen LogP contribution >= 0.6 is 0 Å².